The Labute approximate surface area is 95.5 Å². The molecule has 1 rings (SSSR count). The number of aliphatic hydroxyl groups is 3. The lowest BCUT2D eigenvalue weighted by Gasteiger charge is -2.41. The average molecular weight is 234 g/mol. The number of hydroxylamine groups is 3. The highest BCUT2D eigenvalue weighted by Crippen LogP contribution is 2.21. The number of rotatable bonds is 6. The summed E-state index contributed by atoms with van der Waals surface area (Å²) in [6, 6.07) is 0. The van der Waals surface area contributed by atoms with Crippen molar-refractivity contribution in [3.8, 4) is 0 Å². The second-order valence-corrected chi connectivity index (χ2v) is 4.71. The molecule has 0 aromatic rings. The molecule has 0 amide bonds. The molecule has 0 saturated carbocycles. The fourth-order valence-corrected chi connectivity index (χ4v) is 2.06. The van der Waals surface area contributed by atoms with Crippen molar-refractivity contribution in [1.82, 2.24) is 0 Å². The first kappa shape index (κ1) is 13.8. The largest absolute Gasteiger partial charge is 0.633 e. The van der Waals surface area contributed by atoms with Crippen LogP contribution in [0.3, 0.4) is 0 Å². The summed E-state index contributed by atoms with van der Waals surface area (Å²) in [7, 11) is 0. The molecule has 0 radical (unpaired) electrons. The summed E-state index contributed by atoms with van der Waals surface area (Å²) in [5.41, 5.74) is 3.75. The molecule has 5 N–H and O–H groups in total. The van der Waals surface area contributed by atoms with Gasteiger partial charge in [-0.25, -0.2) is 0 Å². The Hall–Kier alpha value is -0.240. The van der Waals surface area contributed by atoms with E-state index in [1.165, 1.54) is 0 Å². The van der Waals surface area contributed by atoms with Gasteiger partial charge in [0.15, 0.2) is 0 Å². The smallest absolute Gasteiger partial charge is 0.145 e. The van der Waals surface area contributed by atoms with Gasteiger partial charge in [-0.3, -0.25) is 0 Å². The Morgan fingerprint density at radius 1 is 1.38 bits per heavy atom. The van der Waals surface area contributed by atoms with Gasteiger partial charge >= 0.3 is 0 Å². The summed E-state index contributed by atoms with van der Waals surface area (Å²) in [6.45, 7) is 1.10. The Bertz CT molecular complexity index is 217. The lowest BCUT2D eigenvalue weighted by Crippen LogP contribution is -2.54. The van der Waals surface area contributed by atoms with E-state index in [-0.39, 0.29) is 30.6 Å². The predicted octanol–water partition coefficient (Wildman–Crippen LogP) is -1.12. The lowest BCUT2D eigenvalue weighted by molar-refractivity contribution is -0.869. The van der Waals surface area contributed by atoms with E-state index in [1.807, 2.05) is 0 Å². The van der Waals surface area contributed by atoms with E-state index in [0.29, 0.717) is 13.1 Å². The SMILES string of the molecule is NC(O)(CC[N+]1([O-])CCCC1)C(O)CCO. The van der Waals surface area contributed by atoms with Crippen LogP contribution >= 0.6 is 0 Å². The highest BCUT2D eigenvalue weighted by Gasteiger charge is 2.34. The third kappa shape index (κ3) is 3.65. The standard InChI is InChI=1S/C10H22N2O4/c11-10(15,9(14)3-8-13)4-7-12(16)5-1-2-6-12/h9,13-15H,1-8,11H2. The number of quaternary nitrogens is 1. The maximum Gasteiger partial charge on any atom is 0.145 e. The van der Waals surface area contributed by atoms with E-state index < -0.39 is 11.8 Å². The van der Waals surface area contributed by atoms with Crippen molar-refractivity contribution in [1.29, 1.82) is 0 Å². The van der Waals surface area contributed by atoms with Crippen LogP contribution in [0.2, 0.25) is 0 Å². The van der Waals surface area contributed by atoms with Crippen LogP contribution in [-0.4, -0.2) is 58.0 Å². The first-order chi connectivity index (χ1) is 7.40. The van der Waals surface area contributed by atoms with Crippen LogP contribution in [-0.2, 0) is 0 Å². The molecular weight excluding hydrogens is 212 g/mol. The Morgan fingerprint density at radius 3 is 2.44 bits per heavy atom. The van der Waals surface area contributed by atoms with Gasteiger partial charge in [0.2, 0.25) is 0 Å². The van der Waals surface area contributed by atoms with Crippen molar-refractivity contribution >= 4 is 0 Å². The van der Waals surface area contributed by atoms with E-state index in [0.717, 1.165) is 12.8 Å². The van der Waals surface area contributed by atoms with Gasteiger partial charge in [0.1, 0.15) is 5.72 Å². The molecule has 6 heteroatoms. The second kappa shape index (κ2) is 5.39. The molecule has 1 fully saturated rings. The zero-order chi connectivity index (χ0) is 12.2. The molecular formula is C10H22N2O4. The van der Waals surface area contributed by atoms with Crippen LogP contribution in [0.5, 0.6) is 0 Å². The normalized spacial score (nSPS) is 25.3. The van der Waals surface area contributed by atoms with Crippen LogP contribution in [0.4, 0.5) is 0 Å². The molecule has 16 heavy (non-hydrogen) atoms. The van der Waals surface area contributed by atoms with Gasteiger partial charge in [-0.15, -0.1) is 0 Å². The Morgan fingerprint density at radius 2 is 1.94 bits per heavy atom. The van der Waals surface area contributed by atoms with E-state index in [9.17, 15) is 15.4 Å². The zero-order valence-electron chi connectivity index (χ0n) is 9.51. The van der Waals surface area contributed by atoms with E-state index in [4.69, 9.17) is 10.8 Å². The molecule has 96 valence electrons. The quantitative estimate of drug-likeness (QED) is 0.264. The fraction of sp³-hybridized carbons (Fsp3) is 1.00. The first-order valence-corrected chi connectivity index (χ1v) is 5.77. The summed E-state index contributed by atoms with van der Waals surface area (Å²) in [5.74, 6) is 0. The Balaban J connectivity index is 2.40. The molecule has 0 aromatic carbocycles. The number of aliphatic hydroxyl groups excluding tert-OH is 2. The average Bonchev–Trinajstić information content (AvgIpc) is 2.64. The zero-order valence-corrected chi connectivity index (χ0v) is 9.51. The Kier molecular flexibility index (Phi) is 4.66. The van der Waals surface area contributed by atoms with Crippen LogP contribution < -0.4 is 5.73 Å². The monoisotopic (exact) mass is 234 g/mol. The predicted molar refractivity (Wildman–Crippen MR) is 58.9 cm³/mol. The number of hydrogen-bond acceptors (Lipinski definition) is 5. The van der Waals surface area contributed by atoms with Gasteiger partial charge < -0.3 is 30.9 Å². The second-order valence-electron chi connectivity index (χ2n) is 4.71. The van der Waals surface area contributed by atoms with Gasteiger partial charge in [0.25, 0.3) is 0 Å². The van der Waals surface area contributed by atoms with Gasteiger partial charge in [0, 0.05) is 32.3 Å². The van der Waals surface area contributed by atoms with Crippen LogP contribution in [0.15, 0.2) is 0 Å². The highest BCUT2D eigenvalue weighted by molar-refractivity contribution is 4.80. The van der Waals surface area contributed by atoms with E-state index in [1.54, 1.807) is 0 Å². The lowest BCUT2D eigenvalue weighted by atomic mass is 10.0. The summed E-state index contributed by atoms with van der Waals surface area (Å²) in [6.07, 6.45) is 0.702. The number of nitrogens with two attached hydrogens (primary N) is 1. The summed E-state index contributed by atoms with van der Waals surface area (Å²) >= 11 is 0. The summed E-state index contributed by atoms with van der Waals surface area (Å²) in [5, 5.41) is 39.9. The van der Waals surface area contributed by atoms with Crippen molar-refractivity contribution in [3.63, 3.8) is 0 Å². The number of likely N-dealkylation sites (tertiary alicyclic amines) is 1. The minimum atomic E-state index is -1.78. The summed E-state index contributed by atoms with van der Waals surface area (Å²) < 4.78 is -0.328. The van der Waals surface area contributed by atoms with Gasteiger partial charge in [-0.1, -0.05) is 0 Å². The maximum atomic E-state index is 12.0. The van der Waals surface area contributed by atoms with Crippen molar-refractivity contribution < 1.29 is 20.0 Å². The molecule has 0 aliphatic carbocycles. The molecule has 1 heterocycles. The molecule has 2 atom stereocenters. The van der Waals surface area contributed by atoms with Crippen LogP contribution in [0.1, 0.15) is 25.7 Å². The fourth-order valence-electron chi connectivity index (χ4n) is 2.06. The van der Waals surface area contributed by atoms with Crippen LogP contribution in [0.25, 0.3) is 0 Å². The molecule has 0 aromatic heterocycles. The minimum absolute atomic E-state index is 0.0197. The minimum Gasteiger partial charge on any atom is -0.633 e. The van der Waals surface area contributed by atoms with Gasteiger partial charge in [-0.2, -0.15) is 0 Å². The molecule has 1 aliphatic rings. The van der Waals surface area contributed by atoms with E-state index in [2.05, 4.69) is 0 Å². The van der Waals surface area contributed by atoms with Crippen LogP contribution in [0, 0.1) is 5.21 Å². The van der Waals surface area contributed by atoms with E-state index >= 15 is 0 Å². The number of nitrogens with zero attached hydrogens (tertiary/aromatic N) is 1. The van der Waals surface area contributed by atoms with Gasteiger partial charge in [-0.05, 0) is 0 Å². The van der Waals surface area contributed by atoms with Crippen molar-refractivity contribution in [2.45, 2.75) is 37.5 Å². The van der Waals surface area contributed by atoms with Crippen molar-refractivity contribution in [3.05, 3.63) is 5.21 Å². The molecule has 0 bridgehead atoms. The maximum absolute atomic E-state index is 12.0. The third-order valence-corrected chi connectivity index (χ3v) is 3.28. The third-order valence-electron chi connectivity index (χ3n) is 3.28. The summed E-state index contributed by atoms with van der Waals surface area (Å²) in [4.78, 5) is 0. The molecule has 1 saturated heterocycles. The van der Waals surface area contributed by atoms with Gasteiger partial charge in [0.05, 0.1) is 25.7 Å². The molecule has 6 nitrogen and oxygen atoms in total. The van der Waals surface area contributed by atoms with Crippen molar-refractivity contribution in [2.24, 2.45) is 5.73 Å². The topological polar surface area (TPSA) is 110 Å². The number of hydrogen-bond donors (Lipinski definition) is 4. The highest BCUT2D eigenvalue weighted by atomic mass is 16.5. The van der Waals surface area contributed by atoms with Crippen molar-refractivity contribution in [2.75, 3.05) is 26.2 Å². The molecule has 2 unspecified atom stereocenters. The molecule has 1 aliphatic heterocycles. The first-order valence-electron chi connectivity index (χ1n) is 5.77. The molecule has 0 spiro atoms.